The van der Waals surface area contributed by atoms with Crippen LogP contribution in [0.15, 0.2) is 12.1 Å². The van der Waals surface area contributed by atoms with Crippen LogP contribution in [0, 0.1) is 0 Å². The van der Waals surface area contributed by atoms with Crippen molar-refractivity contribution in [3.63, 3.8) is 0 Å². The average Bonchev–Trinajstić information content (AvgIpc) is 2.28. The van der Waals surface area contributed by atoms with Crippen LogP contribution >= 0.6 is 60.8 Å². The van der Waals surface area contributed by atoms with Crippen molar-refractivity contribution in [2.24, 2.45) is 0 Å². The summed E-state index contributed by atoms with van der Waals surface area (Å²) >= 11 is 3.52. The van der Waals surface area contributed by atoms with Gasteiger partial charge in [0.1, 0.15) is 24.0 Å². The Morgan fingerprint density at radius 3 is 1.94 bits per heavy atom. The first-order chi connectivity index (χ1) is 8.51. The van der Waals surface area contributed by atoms with Crippen molar-refractivity contribution in [3.05, 3.63) is 23.3 Å². The number of carboxylic acid groups (broad SMARTS) is 1. The molecule has 0 fully saturated rings. The lowest BCUT2D eigenvalue weighted by Crippen LogP contribution is -2.03. The Morgan fingerprint density at radius 2 is 1.67 bits per heavy atom. The number of aromatic carboxylic acids is 1. The van der Waals surface area contributed by atoms with Gasteiger partial charge in [0, 0.05) is 48.0 Å². The van der Waals surface area contributed by atoms with E-state index in [4.69, 9.17) is 13.5 Å². The van der Waals surface area contributed by atoms with Crippen molar-refractivity contribution in [1.29, 1.82) is 0 Å². The fourth-order valence-corrected chi connectivity index (χ4v) is 2.71. The minimum Gasteiger partial charge on any atom is -0.477 e. The maximum atomic E-state index is 12.7. The van der Waals surface area contributed by atoms with Crippen LogP contribution in [0.4, 0.5) is 8.78 Å². The third-order valence-corrected chi connectivity index (χ3v) is 3.36. The van der Waals surface area contributed by atoms with E-state index in [1.54, 1.807) is 42.4 Å². The molecule has 0 bridgehead atoms. The molecule has 0 spiro atoms. The fraction of sp³-hybridized carbons (Fsp3) is 0.125. The Bertz CT molecular complexity index is 420. The van der Waals surface area contributed by atoms with Gasteiger partial charge in [-0.05, 0) is 12.1 Å². The van der Waals surface area contributed by atoms with Gasteiger partial charge in [0.05, 0.1) is 0 Å². The number of hydrogen-bond acceptors (Lipinski definition) is 5. The zero-order valence-corrected chi connectivity index (χ0v) is 14.2. The molecule has 0 unspecified atom stereocenters. The zero-order valence-electron chi connectivity index (χ0n) is 8.23. The van der Waals surface area contributed by atoms with Crippen molar-refractivity contribution >= 4 is 66.8 Å². The molecule has 0 aliphatic rings. The molecule has 1 aromatic rings. The summed E-state index contributed by atoms with van der Waals surface area (Å²) in [4.78, 5) is 11.1. The van der Waals surface area contributed by atoms with Crippen molar-refractivity contribution in [3.8, 4) is 11.5 Å². The standard InChI is InChI=1S/C8H4F2I2O4S2/c9-7(10)3-1-4(15-17-11)6(8(13)14)5(2-3)16-18-12/h1-2,7H,(H,13,14). The summed E-state index contributed by atoms with van der Waals surface area (Å²) < 4.78 is 35.3. The molecule has 0 amide bonds. The van der Waals surface area contributed by atoms with Gasteiger partial charge in [-0.1, -0.05) is 0 Å². The number of hydrogen-bond donors (Lipinski definition) is 1. The van der Waals surface area contributed by atoms with Crippen molar-refractivity contribution in [2.45, 2.75) is 6.43 Å². The Balaban J connectivity index is 3.38. The van der Waals surface area contributed by atoms with E-state index in [1.165, 1.54) is 0 Å². The van der Waals surface area contributed by atoms with Crippen LogP contribution in [-0.4, -0.2) is 11.1 Å². The molecular formula is C8H4F2I2O4S2. The molecule has 1 rings (SSSR count). The quantitative estimate of drug-likeness (QED) is 0.418. The highest BCUT2D eigenvalue weighted by atomic mass is 127. The fourth-order valence-electron chi connectivity index (χ4n) is 1.15. The first-order valence-electron chi connectivity index (χ1n) is 4.11. The monoisotopic (exact) mass is 520 g/mol. The third-order valence-electron chi connectivity index (χ3n) is 1.80. The van der Waals surface area contributed by atoms with Gasteiger partial charge in [0.15, 0.2) is 11.5 Å². The molecule has 0 aliphatic heterocycles. The van der Waals surface area contributed by atoms with Gasteiger partial charge in [-0.2, -0.15) is 0 Å². The molecule has 18 heavy (non-hydrogen) atoms. The van der Waals surface area contributed by atoms with Crippen LogP contribution in [0.5, 0.6) is 11.5 Å². The van der Waals surface area contributed by atoms with E-state index in [2.05, 4.69) is 0 Å². The maximum Gasteiger partial charge on any atom is 0.343 e. The number of halogens is 4. The molecule has 0 saturated carbocycles. The largest absolute Gasteiger partial charge is 0.477 e. The minimum absolute atomic E-state index is 0.167. The molecular weight excluding hydrogens is 516 g/mol. The summed E-state index contributed by atoms with van der Waals surface area (Å²) in [6.45, 7) is 0. The predicted octanol–water partition coefficient (Wildman–Crippen LogP) is 5.08. The van der Waals surface area contributed by atoms with Crippen LogP contribution in [-0.2, 0) is 0 Å². The summed E-state index contributed by atoms with van der Waals surface area (Å²) in [5, 5.41) is 9.06. The van der Waals surface area contributed by atoms with E-state index < -0.39 is 12.4 Å². The molecule has 4 nitrogen and oxygen atoms in total. The van der Waals surface area contributed by atoms with E-state index in [9.17, 15) is 13.6 Å². The van der Waals surface area contributed by atoms with Gasteiger partial charge in [-0.25, -0.2) is 13.6 Å². The molecule has 0 atom stereocenters. The number of alkyl halides is 2. The van der Waals surface area contributed by atoms with Gasteiger partial charge in [-0.3, -0.25) is 0 Å². The number of rotatable bonds is 6. The Morgan fingerprint density at radius 1 is 1.22 bits per heavy atom. The number of carbonyl (C=O) groups is 1. The normalized spacial score (nSPS) is 10.5. The predicted molar refractivity (Wildman–Crippen MR) is 82.8 cm³/mol. The maximum absolute atomic E-state index is 12.7. The van der Waals surface area contributed by atoms with E-state index in [0.29, 0.717) is 0 Å². The van der Waals surface area contributed by atoms with Gasteiger partial charge in [-0.15, -0.1) is 0 Å². The van der Waals surface area contributed by atoms with Gasteiger partial charge < -0.3 is 13.5 Å². The van der Waals surface area contributed by atoms with Crippen LogP contribution < -0.4 is 8.37 Å². The molecule has 0 radical (unpaired) electrons. The van der Waals surface area contributed by atoms with Crippen LogP contribution in [0.25, 0.3) is 0 Å². The van der Waals surface area contributed by atoms with Crippen LogP contribution in [0.3, 0.4) is 0 Å². The second-order valence-electron chi connectivity index (χ2n) is 2.79. The summed E-state index contributed by atoms with van der Waals surface area (Å²) in [6.07, 6.45) is -2.74. The Labute approximate surface area is 134 Å². The molecule has 100 valence electrons. The van der Waals surface area contributed by atoms with Crippen molar-refractivity contribution in [2.75, 3.05) is 0 Å². The highest BCUT2D eigenvalue weighted by Crippen LogP contribution is 2.38. The summed E-state index contributed by atoms with van der Waals surface area (Å²) in [5.41, 5.74) is -0.645. The smallest absolute Gasteiger partial charge is 0.343 e. The van der Waals surface area contributed by atoms with E-state index in [1.807, 2.05) is 0 Å². The zero-order chi connectivity index (χ0) is 13.7. The lowest BCUT2D eigenvalue weighted by molar-refractivity contribution is 0.0693. The number of benzene rings is 1. The minimum atomic E-state index is -2.74. The molecule has 0 aliphatic carbocycles. The van der Waals surface area contributed by atoms with Crippen molar-refractivity contribution < 1.29 is 27.0 Å². The second kappa shape index (κ2) is 7.79. The van der Waals surface area contributed by atoms with Gasteiger partial charge >= 0.3 is 5.97 Å². The Hall–Kier alpha value is 0.310. The average molecular weight is 520 g/mol. The lowest BCUT2D eigenvalue weighted by atomic mass is 10.1. The SMILES string of the molecule is O=C(O)c1c(OSI)cc(C(F)F)cc1OSI. The highest BCUT2D eigenvalue weighted by molar-refractivity contribution is 14.2. The molecule has 1 N–H and O–H groups in total. The van der Waals surface area contributed by atoms with E-state index in [-0.39, 0.29) is 22.6 Å². The summed E-state index contributed by atoms with van der Waals surface area (Å²) in [7, 11) is 1.66. The van der Waals surface area contributed by atoms with Crippen molar-refractivity contribution in [1.82, 2.24) is 0 Å². The molecule has 10 heteroatoms. The molecule has 1 aromatic carbocycles. The lowest BCUT2D eigenvalue weighted by Gasteiger charge is -2.12. The molecule has 0 saturated heterocycles. The second-order valence-corrected chi connectivity index (χ2v) is 5.53. The molecule has 0 aromatic heterocycles. The van der Waals surface area contributed by atoms with Crippen LogP contribution in [0.1, 0.15) is 22.3 Å². The van der Waals surface area contributed by atoms with Crippen LogP contribution in [0.2, 0.25) is 0 Å². The van der Waals surface area contributed by atoms with E-state index in [0.717, 1.165) is 30.6 Å². The molecule has 0 heterocycles. The highest BCUT2D eigenvalue weighted by Gasteiger charge is 2.23. The topological polar surface area (TPSA) is 55.8 Å². The summed E-state index contributed by atoms with van der Waals surface area (Å²) in [5.74, 6) is -1.64. The number of carboxylic acids is 1. The van der Waals surface area contributed by atoms with Gasteiger partial charge in [0.25, 0.3) is 6.43 Å². The Kier molecular flexibility index (Phi) is 7.08. The van der Waals surface area contributed by atoms with Gasteiger partial charge in [0.2, 0.25) is 0 Å². The third kappa shape index (κ3) is 4.16. The summed E-state index contributed by atoms with van der Waals surface area (Å²) in [6, 6.07) is 1.98. The first-order valence-corrected chi connectivity index (χ1v) is 10.7. The first kappa shape index (κ1) is 16.4. The van der Waals surface area contributed by atoms with E-state index >= 15 is 0 Å².